The van der Waals surface area contributed by atoms with Crippen molar-refractivity contribution in [2.75, 3.05) is 6.26 Å². The summed E-state index contributed by atoms with van der Waals surface area (Å²) < 4.78 is 28.6. The smallest absolute Gasteiger partial charge is 0.343 e. The fourth-order valence-corrected chi connectivity index (χ4v) is 2.90. The summed E-state index contributed by atoms with van der Waals surface area (Å²) in [6.45, 7) is 0. The zero-order chi connectivity index (χ0) is 15.6. The predicted molar refractivity (Wildman–Crippen MR) is 83.7 cm³/mol. The van der Waals surface area contributed by atoms with Crippen molar-refractivity contribution < 1.29 is 17.9 Å². The molecule has 0 aliphatic carbocycles. The highest BCUT2D eigenvalue weighted by Crippen LogP contribution is 2.28. The third kappa shape index (κ3) is 4.06. The predicted octanol–water partition coefficient (Wildman–Crippen LogP) is 3.73. The molecule has 0 fully saturated rings. The van der Waals surface area contributed by atoms with E-state index in [-0.39, 0.29) is 16.2 Å². The molecule has 0 saturated heterocycles. The van der Waals surface area contributed by atoms with Gasteiger partial charge in [0.1, 0.15) is 5.75 Å². The van der Waals surface area contributed by atoms with Gasteiger partial charge in [-0.1, -0.05) is 27.5 Å². The summed E-state index contributed by atoms with van der Waals surface area (Å²) in [5.41, 5.74) is 0.237. The Hall–Kier alpha value is -1.37. The largest absolute Gasteiger partial charge is 0.421 e. The van der Waals surface area contributed by atoms with Crippen LogP contribution in [0.1, 0.15) is 10.4 Å². The third-order valence-corrected chi connectivity index (χ3v) is 4.53. The molecule has 0 N–H and O–H groups in total. The molecule has 21 heavy (non-hydrogen) atoms. The molecule has 110 valence electrons. The Morgan fingerprint density at radius 2 is 1.76 bits per heavy atom. The van der Waals surface area contributed by atoms with Gasteiger partial charge in [0.2, 0.25) is 0 Å². The van der Waals surface area contributed by atoms with Gasteiger partial charge in [-0.05, 0) is 42.5 Å². The molecule has 0 amide bonds. The van der Waals surface area contributed by atoms with Crippen LogP contribution in [-0.4, -0.2) is 20.6 Å². The summed E-state index contributed by atoms with van der Waals surface area (Å²) in [7, 11) is -3.29. The van der Waals surface area contributed by atoms with Gasteiger partial charge in [-0.2, -0.15) is 0 Å². The third-order valence-electron chi connectivity index (χ3n) is 2.61. The SMILES string of the molecule is CS(=O)(=O)c1ccc(C(=O)Oc2ccc(Br)cc2Cl)cc1. The molecule has 2 aromatic carbocycles. The van der Waals surface area contributed by atoms with E-state index >= 15 is 0 Å². The number of carbonyl (C=O) groups is 1. The number of esters is 1. The van der Waals surface area contributed by atoms with Gasteiger partial charge in [0.15, 0.2) is 9.84 Å². The number of ether oxygens (including phenoxy) is 1. The second-order valence-electron chi connectivity index (χ2n) is 4.26. The first-order chi connectivity index (χ1) is 9.77. The standard InChI is InChI=1S/C14H10BrClO4S/c1-21(18,19)11-5-2-9(3-6-11)14(17)20-13-7-4-10(15)8-12(13)16/h2-8H,1H3. The Morgan fingerprint density at radius 1 is 1.14 bits per heavy atom. The van der Waals surface area contributed by atoms with Gasteiger partial charge in [0, 0.05) is 10.7 Å². The molecule has 0 aliphatic heterocycles. The molecule has 2 aromatic rings. The first-order valence-corrected chi connectivity index (χ1v) is 8.81. The summed E-state index contributed by atoms with van der Waals surface area (Å²) in [4.78, 5) is 12.1. The minimum atomic E-state index is -3.29. The van der Waals surface area contributed by atoms with Crippen LogP contribution in [0.5, 0.6) is 5.75 Å². The van der Waals surface area contributed by atoms with Gasteiger partial charge < -0.3 is 4.74 Å². The van der Waals surface area contributed by atoms with E-state index < -0.39 is 15.8 Å². The van der Waals surface area contributed by atoms with E-state index in [0.29, 0.717) is 5.02 Å². The highest BCUT2D eigenvalue weighted by molar-refractivity contribution is 9.10. The summed E-state index contributed by atoms with van der Waals surface area (Å²) in [5.74, 6) is -0.378. The number of halogens is 2. The molecular formula is C14H10BrClO4S. The fraction of sp³-hybridized carbons (Fsp3) is 0.0714. The maximum Gasteiger partial charge on any atom is 0.343 e. The molecule has 7 heteroatoms. The van der Waals surface area contributed by atoms with Crippen molar-refractivity contribution in [3.8, 4) is 5.75 Å². The van der Waals surface area contributed by atoms with E-state index in [1.165, 1.54) is 24.3 Å². The lowest BCUT2D eigenvalue weighted by atomic mass is 10.2. The number of hydrogen-bond donors (Lipinski definition) is 0. The molecule has 0 aromatic heterocycles. The molecule has 0 unspecified atom stereocenters. The van der Waals surface area contributed by atoms with Crippen LogP contribution in [0, 0.1) is 0 Å². The van der Waals surface area contributed by atoms with Crippen LogP contribution < -0.4 is 4.74 Å². The Bertz CT molecular complexity index is 785. The second kappa shape index (κ2) is 6.17. The van der Waals surface area contributed by atoms with Crippen LogP contribution in [0.15, 0.2) is 51.8 Å². The Kier molecular flexibility index (Phi) is 4.70. The highest BCUT2D eigenvalue weighted by Gasteiger charge is 2.13. The van der Waals surface area contributed by atoms with Crippen molar-refractivity contribution >= 4 is 43.3 Å². The van der Waals surface area contributed by atoms with Crippen LogP contribution in [0.4, 0.5) is 0 Å². The molecule has 0 atom stereocenters. The highest BCUT2D eigenvalue weighted by atomic mass is 79.9. The molecule has 0 bridgehead atoms. The number of hydrogen-bond acceptors (Lipinski definition) is 4. The van der Waals surface area contributed by atoms with Crippen molar-refractivity contribution in [3.05, 3.63) is 57.5 Å². The topological polar surface area (TPSA) is 60.4 Å². The van der Waals surface area contributed by atoms with Crippen molar-refractivity contribution in [3.63, 3.8) is 0 Å². The molecule has 0 radical (unpaired) electrons. The molecular weight excluding hydrogens is 380 g/mol. The Morgan fingerprint density at radius 3 is 2.29 bits per heavy atom. The van der Waals surface area contributed by atoms with Gasteiger partial charge in [-0.3, -0.25) is 0 Å². The second-order valence-corrected chi connectivity index (χ2v) is 7.60. The van der Waals surface area contributed by atoms with E-state index in [1.54, 1.807) is 18.2 Å². The molecule has 4 nitrogen and oxygen atoms in total. The average Bonchev–Trinajstić information content (AvgIpc) is 2.41. The molecule has 0 spiro atoms. The lowest BCUT2D eigenvalue weighted by Crippen LogP contribution is -2.09. The Labute approximate surface area is 135 Å². The van der Waals surface area contributed by atoms with Gasteiger partial charge in [0.25, 0.3) is 0 Å². The summed E-state index contributed by atoms with van der Waals surface area (Å²) in [6, 6.07) is 10.4. The van der Waals surface area contributed by atoms with Crippen LogP contribution in [0.2, 0.25) is 5.02 Å². The molecule has 2 rings (SSSR count). The minimum absolute atomic E-state index is 0.140. The van der Waals surface area contributed by atoms with Crippen LogP contribution >= 0.6 is 27.5 Å². The summed E-state index contributed by atoms with van der Waals surface area (Å²) >= 11 is 9.21. The fourth-order valence-electron chi connectivity index (χ4n) is 1.55. The van der Waals surface area contributed by atoms with Crippen molar-refractivity contribution in [2.45, 2.75) is 4.90 Å². The van der Waals surface area contributed by atoms with Crippen LogP contribution in [0.3, 0.4) is 0 Å². The van der Waals surface area contributed by atoms with E-state index in [0.717, 1.165) is 10.7 Å². The minimum Gasteiger partial charge on any atom is -0.421 e. The number of carbonyl (C=O) groups excluding carboxylic acids is 1. The molecule has 0 aliphatic rings. The number of sulfone groups is 1. The van der Waals surface area contributed by atoms with Crippen molar-refractivity contribution in [2.24, 2.45) is 0 Å². The zero-order valence-electron chi connectivity index (χ0n) is 10.8. The van der Waals surface area contributed by atoms with Crippen molar-refractivity contribution in [1.82, 2.24) is 0 Å². The summed E-state index contributed by atoms with van der Waals surface area (Å²) in [5, 5.41) is 0.297. The van der Waals surface area contributed by atoms with E-state index in [1.807, 2.05) is 0 Å². The molecule has 0 saturated carbocycles. The lowest BCUT2D eigenvalue weighted by Gasteiger charge is -2.07. The normalized spacial score (nSPS) is 11.2. The summed E-state index contributed by atoms with van der Waals surface area (Å²) in [6.07, 6.45) is 1.10. The molecule has 0 heterocycles. The van der Waals surface area contributed by atoms with E-state index in [2.05, 4.69) is 15.9 Å². The van der Waals surface area contributed by atoms with E-state index in [9.17, 15) is 13.2 Å². The van der Waals surface area contributed by atoms with Gasteiger partial charge in [0.05, 0.1) is 15.5 Å². The van der Waals surface area contributed by atoms with E-state index in [4.69, 9.17) is 16.3 Å². The first-order valence-electron chi connectivity index (χ1n) is 5.75. The zero-order valence-corrected chi connectivity index (χ0v) is 14.0. The van der Waals surface area contributed by atoms with Gasteiger partial charge >= 0.3 is 5.97 Å². The van der Waals surface area contributed by atoms with Gasteiger partial charge in [-0.25, -0.2) is 13.2 Å². The van der Waals surface area contributed by atoms with Crippen LogP contribution in [-0.2, 0) is 9.84 Å². The van der Waals surface area contributed by atoms with Crippen LogP contribution in [0.25, 0.3) is 0 Å². The lowest BCUT2D eigenvalue weighted by molar-refractivity contribution is 0.0734. The number of rotatable bonds is 3. The van der Waals surface area contributed by atoms with Gasteiger partial charge in [-0.15, -0.1) is 0 Å². The Balaban J connectivity index is 2.21. The number of benzene rings is 2. The quantitative estimate of drug-likeness (QED) is 0.593. The first kappa shape index (κ1) is 16.0. The maximum absolute atomic E-state index is 12.0. The van der Waals surface area contributed by atoms with Crippen molar-refractivity contribution in [1.29, 1.82) is 0 Å². The average molecular weight is 390 g/mol. The monoisotopic (exact) mass is 388 g/mol. The maximum atomic E-state index is 12.0.